The van der Waals surface area contributed by atoms with Gasteiger partial charge in [0.2, 0.25) is 5.91 Å². The van der Waals surface area contributed by atoms with Gasteiger partial charge in [-0.1, -0.05) is 18.2 Å². The van der Waals surface area contributed by atoms with Crippen molar-refractivity contribution < 1.29 is 23.4 Å². The van der Waals surface area contributed by atoms with Gasteiger partial charge in [0, 0.05) is 40.4 Å². The first-order valence-electron chi connectivity index (χ1n) is 11.0. The average molecular weight is 458 g/mol. The highest BCUT2D eigenvalue weighted by molar-refractivity contribution is 6.05. The van der Waals surface area contributed by atoms with Crippen LogP contribution in [-0.4, -0.2) is 26.7 Å². The van der Waals surface area contributed by atoms with Gasteiger partial charge in [-0.2, -0.15) is 0 Å². The number of rotatable bonds is 8. The van der Waals surface area contributed by atoms with Crippen LogP contribution in [0.1, 0.15) is 19.4 Å². The maximum absolute atomic E-state index is 12.7. The second-order valence-corrected chi connectivity index (χ2v) is 7.70. The van der Waals surface area contributed by atoms with Crippen LogP contribution in [-0.2, 0) is 4.79 Å². The maximum Gasteiger partial charge on any atom is 0.248 e. The van der Waals surface area contributed by atoms with Crippen molar-refractivity contribution in [2.75, 3.05) is 26.1 Å². The van der Waals surface area contributed by atoms with E-state index in [-0.39, 0.29) is 5.91 Å². The van der Waals surface area contributed by atoms with Crippen LogP contribution in [0.2, 0.25) is 0 Å². The molecule has 0 radical (unpaired) electrons. The molecule has 0 aliphatic heterocycles. The Bertz CT molecular complexity index is 1330. The highest BCUT2D eigenvalue weighted by Gasteiger charge is 2.15. The van der Waals surface area contributed by atoms with Crippen LogP contribution in [0.5, 0.6) is 17.2 Å². The molecular weight excluding hydrogens is 430 g/mol. The number of furan rings is 1. The van der Waals surface area contributed by atoms with E-state index in [4.69, 9.17) is 18.6 Å². The minimum atomic E-state index is -0.240. The largest absolute Gasteiger partial charge is 0.497 e. The Hall–Kier alpha value is -4.19. The Balaban J connectivity index is 1.70. The zero-order chi connectivity index (χ0) is 24.1. The predicted octanol–water partition coefficient (Wildman–Crippen LogP) is 6.56. The van der Waals surface area contributed by atoms with E-state index in [0.717, 1.165) is 33.4 Å². The van der Waals surface area contributed by atoms with Crippen LogP contribution in [0, 0.1) is 0 Å². The van der Waals surface area contributed by atoms with Crippen LogP contribution in [0.3, 0.4) is 0 Å². The first-order chi connectivity index (χ1) is 16.5. The lowest BCUT2D eigenvalue weighted by Crippen LogP contribution is -2.08. The number of methoxy groups -OCH3 is 2. The molecule has 6 heteroatoms. The Kier molecular flexibility index (Phi) is 6.87. The molecule has 174 valence electrons. The van der Waals surface area contributed by atoms with Crippen molar-refractivity contribution in [3.05, 3.63) is 78.6 Å². The van der Waals surface area contributed by atoms with E-state index in [1.807, 2.05) is 68.4 Å². The van der Waals surface area contributed by atoms with Gasteiger partial charge in [-0.25, -0.2) is 0 Å². The van der Waals surface area contributed by atoms with Gasteiger partial charge < -0.3 is 23.9 Å². The first-order valence-corrected chi connectivity index (χ1v) is 11.0. The van der Waals surface area contributed by atoms with Gasteiger partial charge in [0.1, 0.15) is 22.8 Å². The summed E-state index contributed by atoms with van der Waals surface area (Å²) in [6.07, 6.45) is 3.30. The second kappa shape index (κ2) is 10.2. The van der Waals surface area contributed by atoms with E-state index in [1.165, 1.54) is 0 Å². The third-order valence-corrected chi connectivity index (χ3v) is 5.49. The van der Waals surface area contributed by atoms with E-state index in [9.17, 15) is 4.79 Å². The molecule has 0 unspecified atom stereocenters. The fourth-order valence-corrected chi connectivity index (χ4v) is 3.79. The third kappa shape index (κ3) is 4.91. The number of carbonyl (C=O) groups excluding carboxylic acids is 1. The molecule has 1 N–H and O–H groups in total. The summed E-state index contributed by atoms with van der Waals surface area (Å²) in [5.74, 6) is 1.88. The lowest BCUT2D eigenvalue weighted by atomic mass is 9.99. The van der Waals surface area contributed by atoms with E-state index >= 15 is 0 Å². The summed E-state index contributed by atoms with van der Waals surface area (Å²) in [4.78, 5) is 12.7. The number of benzene rings is 3. The van der Waals surface area contributed by atoms with Crippen molar-refractivity contribution in [3.8, 4) is 28.4 Å². The molecule has 1 amide bonds. The predicted molar refractivity (Wildman–Crippen MR) is 135 cm³/mol. The quantitative estimate of drug-likeness (QED) is 0.304. The Labute approximate surface area is 198 Å². The lowest BCUT2D eigenvalue weighted by molar-refractivity contribution is -0.111. The van der Waals surface area contributed by atoms with Crippen LogP contribution >= 0.6 is 0 Å². The fourth-order valence-electron chi connectivity index (χ4n) is 3.79. The number of carbonyl (C=O) groups is 1. The summed E-state index contributed by atoms with van der Waals surface area (Å²) in [5.41, 5.74) is 4.93. The smallest absolute Gasteiger partial charge is 0.248 e. The summed E-state index contributed by atoms with van der Waals surface area (Å²) < 4.78 is 22.2. The summed E-state index contributed by atoms with van der Waals surface area (Å²) in [5, 5.41) is 3.82. The number of hydrogen-bond acceptors (Lipinski definition) is 5. The summed E-state index contributed by atoms with van der Waals surface area (Å²) in [6, 6.07) is 18.9. The molecular formula is C28H27NO5. The van der Waals surface area contributed by atoms with Crippen molar-refractivity contribution in [3.63, 3.8) is 0 Å². The number of anilines is 1. The molecule has 6 nitrogen and oxygen atoms in total. The van der Waals surface area contributed by atoms with Gasteiger partial charge in [0.05, 0.1) is 27.1 Å². The van der Waals surface area contributed by atoms with E-state index in [0.29, 0.717) is 29.4 Å². The number of nitrogens with one attached hydrogen (secondary N) is 1. The maximum atomic E-state index is 12.7. The molecule has 0 bridgehead atoms. The number of allylic oxidation sites excluding steroid dienone is 1. The van der Waals surface area contributed by atoms with Crippen molar-refractivity contribution in [2.45, 2.75) is 13.8 Å². The second-order valence-electron chi connectivity index (χ2n) is 7.70. The fraction of sp³-hybridized carbons (Fsp3) is 0.179. The van der Waals surface area contributed by atoms with E-state index < -0.39 is 0 Å². The summed E-state index contributed by atoms with van der Waals surface area (Å²) in [7, 11) is 3.23. The van der Waals surface area contributed by atoms with Crippen LogP contribution < -0.4 is 19.5 Å². The Morgan fingerprint density at radius 1 is 1.00 bits per heavy atom. The zero-order valence-electron chi connectivity index (χ0n) is 19.7. The summed E-state index contributed by atoms with van der Waals surface area (Å²) >= 11 is 0. The third-order valence-electron chi connectivity index (χ3n) is 5.49. The SMILES string of the molecule is CCOc1cc2occ(-c3ccc(OC)cc3)c2cc1/C(C)=C/C(=O)Nc1cccc(OC)c1. The molecule has 4 aromatic rings. The van der Waals surface area contributed by atoms with Crippen molar-refractivity contribution in [2.24, 2.45) is 0 Å². The molecule has 0 saturated heterocycles. The molecule has 4 rings (SSSR count). The highest BCUT2D eigenvalue weighted by Crippen LogP contribution is 2.38. The minimum absolute atomic E-state index is 0.240. The van der Waals surface area contributed by atoms with Gasteiger partial charge in [-0.3, -0.25) is 4.79 Å². The molecule has 0 aliphatic carbocycles. The first kappa shape index (κ1) is 23.0. The zero-order valence-corrected chi connectivity index (χ0v) is 19.7. The minimum Gasteiger partial charge on any atom is -0.497 e. The highest BCUT2D eigenvalue weighted by atomic mass is 16.5. The van der Waals surface area contributed by atoms with Gasteiger partial charge in [-0.15, -0.1) is 0 Å². The molecule has 34 heavy (non-hydrogen) atoms. The van der Waals surface area contributed by atoms with Crippen LogP contribution in [0.15, 0.2) is 77.4 Å². The van der Waals surface area contributed by atoms with Gasteiger partial charge >= 0.3 is 0 Å². The lowest BCUT2D eigenvalue weighted by Gasteiger charge is -2.12. The Morgan fingerprint density at radius 2 is 1.76 bits per heavy atom. The molecule has 1 aromatic heterocycles. The molecule has 0 saturated carbocycles. The van der Waals surface area contributed by atoms with E-state index in [1.54, 1.807) is 32.6 Å². The van der Waals surface area contributed by atoms with E-state index in [2.05, 4.69) is 5.32 Å². The standard InChI is InChI=1S/C28H27NO5/c1-5-33-26-16-27-24(25(17-34-27)19-9-11-21(31-3)12-10-19)15-23(26)18(2)13-28(30)29-20-7-6-8-22(14-20)32-4/h6-17H,5H2,1-4H3,(H,29,30)/b18-13+. The Morgan fingerprint density at radius 3 is 2.47 bits per heavy atom. The average Bonchev–Trinajstić information content (AvgIpc) is 3.26. The van der Waals surface area contributed by atoms with Gasteiger partial charge in [-0.05, 0) is 55.3 Å². The monoisotopic (exact) mass is 457 g/mol. The summed E-state index contributed by atoms with van der Waals surface area (Å²) in [6.45, 7) is 4.31. The van der Waals surface area contributed by atoms with Gasteiger partial charge in [0.15, 0.2) is 0 Å². The van der Waals surface area contributed by atoms with Crippen molar-refractivity contribution >= 4 is 28.1 Å². The molecule has 3 aromatic carbocycles. The molecule has 0 aliphatic rings. The number of ether oxygens (including phenoxy) is 3. The van der Waals surface area contributed by atoms with Gasteiger partial charge in [0.25, 0.3) is 0 Å². The molecule has 0 spiro atoms. The van der Waals surface area contributed by atoms with Crippen LogP contribution in [0.25, 0.3) is 27.7 Å². The molecule has 0 fully saturated rings. The van der Waals surface area contributed by atoms with Crippen LogP contribution in [0.4, 0.5) is 5.69 Å². The van der Waals surface area contributed by atoms with Crippen molar-refractivity contribution in [1.29, 1.82) is 0 Å². The number of fused-ring (bicyclic) bond motifs is 1. The topological polar surface area (TPSA) is 69.9 Å². The number of amides is 1. The molecule has 1 heterocycles. The normalized spacial score (nSPS) is 11.4. The van der Waals surface area contributed by atoms with Crippen molar-refractivity contribution in [1.82, 2.24) is 0 Å². The molecule has 0 atom stereocenters. The number of hydrogen-bond donors (Lipinski definition) is 1.